The molecule has 1 aliphatic rings. The van der Waals surface area contributed by atoms with Gasteiger partial charge in [-0.05, 0) is 52.2 Å². The third-order valence-corrected chi connectivity index (χ3v) is 7.16. The van der Waals surface area contributed by atoms with E-state index in [4.69, 9.17) is 21.7 Å². The summed E-state index contributed by atoms with van der Waals surface area (Å²) in [6, 6.07) is 25.4. The summed E-state index contributed by atoms with van der Waals surface area (Å²) in [6.07, 6.45) is 1.74. The normalized spacial score (nSPS) is 14.4. The van der Waals surface area contributed by atoms with E-state index in [2.05, 4.69) is 18.2 Å². The molecule has 0 saturated carbocycles. The lowest BCUT2D eigenvalue weighted by atomic mass is 10.1. The summed E-state index contributed by atoms with van der Waals surface area (Å²) in [7, 11) is 1.57. The first-order chi connectivity index (χ1) is 17.9. The number of thiocarbonyl (C=S) groups is 1. The topological polar surface area (TPSA) is 81.9 Å². The lowest BCUT2D eigenvalue weighted by Crippen LogP contribution is -2.27. The largest absolute Gasteiger partial charge is 0.493 e. The first kappa shape index (κ1) is 24.5. The lowest BCUT2D eigenvalue weighted by molar-refractivity contribution is -0.384. The number of thioether (sulfide) groups is 1. The van der Waals surface area contributed by atoms with Crippen LogP contribution in [-0.4, -0.2) is 22.3 Å². The number of fused-ring (bicyclic) bond motifs is 1. The van der Waals surface area contributed by atoms with E-state index in [-0.39, 0.29) is 11.6 Å². The van der Waals surface area contributed by atoms with Crippen molar-refractivity contribution in [2.75, 3.05) is 12.0 Å². The molecule has 4 aromatic rings. The monoisotopic (exact) mass is 528 g/mol. The van der Waals surface area contributed by atoms with Crippen LogP contribution in [0.5, 0.6) is 11.5 Å². The zero-order valence-corrected chi connectivity index (χ0v) is 21.3. The number of methoxy groups -OCH3 is 1. The molecule has 0 bridgehead atoms. The second-order valence-electron chi connectivity index (χ2n) is 8.13. The van der Waals surface area contributed by atoms with Gasteiger partial charge in [-0.2, -0.15) is 0 Å². The summed E-state index contributed by atoms with van der Waals surface area (Å²) in [5.41, 5.74) is 2.24. The Morgan fingerprint density at radius 1 is 1.00 bits per heavy atom. The van der Waals surface area contributed by atoms with E-state index in [1.807, 2.05) is 36.4 Å². The maximum absolute atomic E-state index is 13.1. The number of non-ortho nitro benzene ring substituents is 1. The Morgan fingerprint density at radius 3 is 2.51 bits per heavy atom. The molecule has 1 saturated heterocycles. The fourth-order valence-corrected chi connectivity index (χ4v) is 5.33. The Labute approximate surface area is 222 Å². The maximum atomic E-state index is 13.1. The molecule has 0 unspecified atom stereocenters. The molecule has 0 radical (unpaired) electrons. The number of nitrogens with zero attached hydrogens (tertiary/aromatic N) is 2. The predicted molar refractivity (Wildman–Crippen MR) is 150 cm³/mol. The number of amides is 1. The molecule has 0 spiro atoms. The molecular formula is C28H20N2O5S2. The first-order valence-electron chi connectivity index (χ1n) is 11.2. The SMILES string of the molecule is COc1cc(/C=C2/SC(=S)N(c3ccc([N+](=O)[O-])cc3)C2=O)ccc1OCc1cccc2ccccc12. The summed E-state index contributed by atoms with van der Waals surface area (Å²) in [5.74, 6) is 0.838. The highest BCUT2D eigenvalue weighted by Crippen LogP contribution is 2.38. The summed E-state index contributed by atoms with van der Waals surface area (Å²) in [4.78, 5) is 25.3. The smallest absolute Gasteiger partial charge is 0.270 e. The minimum absolute atomic E-state index is 0.0559. The van der Waals surface area contributed by atoms with E-state index in [9.17, 15) is 14.9 Å². The van der Waals surface area contributed by atoms with Crippen LogP contribution in [0.4, 0.5) is 11.4 Å². The molecule has 184 valence electrons. The number of anilines is 1. The number of ether oxygens (including phenoxy) is 2. The average Bonchev–Trinajstić information content (AvgIpc) is 3.19. The maximum Gasteiger partial charge on any atom is 0.270 e. The third kappa shape index (κ3) is 5.04. The van der Waals surface area contributed by atoms with Gasteiger partial charge in [0.05, 0.1) is 22.6 Å². The minimum Gasteiger partial charge on any atom is -0.493 e. The van der Waals surface area contributed by atoms with E-state index < -0.39 is 4.92 Å². The van der Waals surface area contributed by atoms with Crippen LogP contribution in [0.1, 0.15) is 11.1 Å². The van der Waals surface area contributed by atoms with Crippen LogP contribution in [0.2, 0.25) is 0 Å². The van der Waals surface area contributed by atoms with Crippen LogP contribution >= 0.6 is 24.0 Å². The Kier molecular flexibility index (Phi) is 6.89. The molecule has 37 heavy (non-hydrogen) atoms. The van der Waals surface area contributed by atoms with Crippen molar-refractivity contribution < 1.29 is 19.2 Å². The Balaban J connectivity index is 1.35. The average molecular weight is 529 g/mol. The molecule has 4 aromatic carbocycles. The summed E-state index contributed by atoms with van der Waals surface area (Å²) < 4.78 is 12.0. The molecule has 1 heterocycles. The molecule has 0 aromatic heterocycles. The molecule has 5 rings (SSSR count). The highest BCUT2D eigenvalue weighted by Gasteiger charge is 2.33. The van der Waals surface area contributed by atoms with Crippen LogP contribution in [0.25, 0.3) is 16.8 Å². The van der Waals surface area contributed by atoms with Gasteiger partial charge in [0.15, 0.2) is 15.8 Å². The number of hydrogen-bond donors (Lipinski definition) is 0. The predicted octanol–water partition coefficient (Wildman–Crippen LogP) is 6.74. The van der Waals surface area contributed by atoms with Gasteiger partial charge in [0.2, 0.25) is 0 Å². The summed E-state index contributed by atoms with van der Waals surface area (Å²) >= 11 is 6.58. The number of carbonyl (C=O) groups is 1. The van der Waals surface area contributed by atoms with Gasteiger partial charge in [0.1, 0.15) is 6.61 Å². The van der Waals surface area contributed by atoms with Crippen LogP contribution in [0.3, 0.4) is 0 Å². The fraction of sp³-hybridized carbons (Fsp3) is 0.0714. The van der Waals surface area contributed by atoms with Gasteiger partial charge in [-0.25, -0.2) is 0 Å². The van der Waals surface area contributed by atoms with Crippen molar-refractivity contribution >= 4 is 62.4 Å². The highest BCUT2D eigenvalue weighted by atomic mass is 32.2. The number of carbonyl (C=O) groups excluding carboxylic acids is 1. The molecule has 1 amide bonds. The number of nitro groups is 1. The molecule has 1 fully saturated rings. The molecule has 1 aliphatic heterocycles. The number of hydrogen-bond acceptors (Lipinski definition) is 7. The summed E-state index contributed by atoms with van der Waals surface area (Å²) in [6.45, 7) is 0.380. The fourth-order valence-electron chi connectivity index (χ4n) is 4.03. The first-order valence-corrected chi connectivity index (χ1v) is 12.5. The quantitative estimate of drug-likeness (QED) is 0.114. The van der Waals surface area contributed by atoms with E-state index in [0.29, 0.717) is 33.0 Å². The van der Waals surface area contributed by atoms with E-state index in [0.717, 1.165) is 21.9 Å². The lowest BCUT2D eigenvalue weighted by Gasteiger charge is -2.14. The zero-order chi connectivity index (χ0) is 25.9. The van der Waals surface area contributed by atoms with E-state index in [1.165, 1.54) is 40.9 Å². The van der Waals surface area contributed by atoms with E-state index >= 15 is 0 Å². The standard InChI is InChI=1S/C28H20N2O5S2/c1-34-25-15-18(9-14-24(25)35-17-20-7-4-6-19-5-2-3-8-23(19)20)16-26-27(31)29(28(36)37-26)21-10-12-22(13-11-21)30(32)33/h2-16H,17H2,1H3/b26-16+. The Bertz CT molecular complexity index is 1560. The van der Waals surface area contributed by atoms with Crippen molar-refractivity contribution in [3.63, 3.8) is 0 Å². The van der Waals surface area contributed by atoms with E-state index in [1.54, 1.807) is 19.3 Å². The zero-order valence-electron chi connectivity index (χ0n) is 19.6. The second-order valence-corrected chi connectivity index (χ2v) is 9.80. The van der Waals surface area contributed by atoms with Crippen LogP contribution in [0, 0.1) is 10.1 Å². The van der Waals surface area contributed by atoms with Crippen molar-refractivity contribution in [3.8, 4) is 11.5 Å². The second kappa shape index (κ2) is 10.4. The van der Waals surface area contributed by atoms with Crippen LogP contribution in [0.15, 0.2) is 89.8 Å². The number of benzene rings is 4. The third-order valence-electron chi connectivity index (χ3n) is 5.86. The van der Waals surface area contributed by atoms with Crippen LogP contribution in [-0.2, 0) is 11.4 Å². The van der Waals surface area contributed by atoms with Gasteiger partial charge in [0, 0.05) is 12.1 Å². The Hall–Kier alpha value is -4.21. The highest BCUT2D eigenvalue weighted by molar-refractivity contribution is 8.27. The molecule has 0 aliphatic carbocycles. The van der Waals surface area contributed by atoms with Crippen molar-refractivity contribution in [3.05, 3.63) is 111 Å². The van der Waals surface area contributed by atoms with Crippen molar-refractivity contribution in [1.82, 2.24) is 0 Å². The molecule has 0 N–H and O–H groups in total. The minimum atomic E-state index is -0.489. The molecule has 0 atom stereocenters. The number of nitro benzene ring substituents is 1. The molecule has 7 nitrogen and oxygen atoms in total. The van der Waals surface area contributed by atoms with Crippen molar-refractivity contribution in [1.29, 1.82) is 0 Å². The molecular weight excluding hydrogens is 508 g/mol. The van der Waals surface area contributed by atoms with Gasteiger partial charge in [-0.15, -0.1) is 0 Å². The van der Waals surface area contributed by atoms with Crippen molar-refractivity contribution in [2.24, 2.45) is 0 Å². The Morgan fingerprint density at radius 2 is 1.76 bits per heavy atom. The number of rotatable bonds is 7. The molecule has 9 heteroatoms. The van der Waals surface area contributed by atoms with Gasteiger partial charge < -0.3 is 9.47 Å². The van der Waals surface area contributed by atoms with Crippen LogP contribution < -0.4 is 14.4 Å². The van der Waals surface area contributed by atoms with Crippen molar-refractivity contribution in [2.45, 2.75) is 6.61 Å². The van der Waals surface area contributed by atoms with Gasteiger partial charge >= 0.3 is 0 Å². The van der Waals surface area contributed by atoms with Gasteiger partial charge in [-0.1, -0.05) is 72.5 Å². The summed E-state index contributed by atoms with van der Waals surface area (Å²) in [5, 5.41) is 13.2. The van der Waals surface area contributed by atoms with Gasteiger partial charge in [-0.3, -0.25) is 19.8 Å². The van der Waals surface area contributed by atoms with Gasteiger partial charge in [0.25, 0.3) is 11.6 Å².